The minimum atomic E-state index is -0.140. The molecule has 0 radical (unpaired) electrons. The largest absolute Gasteiger partial charge is 0.335 e. The number of amides is 2. The van der Waals surface area contributed by atoms with Crippen molar-refractivity contribution < 1.29 is 4.79 Å². The Balaban J connectivity index is 1.99. The predicted octanol–water partition coefficient (Wildman–Crippen LogP) is 2.98. The first kappa shape index (κ1) is 16.4. The third kappa shape index (κ3) is 4.53. The Morgan fingerprint density at radius 1 is 1.32 bits per heavy atom. The molecule has 0 aliphatic heterocycles. The van der Waals surface area contributed by atoms with Crippen LogP contribution in [0.25, 0.3) is 5.69 Å². The summed E-state index contributed by atoms with van der Waals surface area (Å²) in [6, 6.07) is 9.82. The van der Waals surface area contributed by atoms with E-state index in [0.717, 1.165) is 17.0 Å². The molecule has 0 fully saturated rings. The number of urea groups is 1. The standard InChI is InChI=1S/C16H22N4OS/c1-12(11-22-3)18-16(21)19-13(2)14-6-4-7-15(10-14)20-9-5-8-17-20/h4-10,12-13H,11H2,1-3H3,(H2,18,19,21)/t12-,13+/m0/s1. The van der Waals surface area contributed by atoms with Crippen LogP contribution in [0.15, 0.2) is 42.7 Å². The molecule has 0 aliphatic rings. The van der Waals surface area contributed by atoms with Crippen molar-refractivity contribution in [1.29, 1.82) is 0 Å². The molecule has 0 saturated heterocycles. The Labute approximate surface area is 135 Å². The molecule has 2 atom stereocenters. The molecule has 22 heavy (non-hydrogen) atoms. The summed E-state index contributed by atoms with van der Waals surface area (Å²) in [6.07, 6.45) is 5.67. The average molecular weight is 318 g/mol. The highest BCUT2D eigenvalue weighted by Crippen LogP contribution is 2.16. The smallest absolute Gasteiger partial charge is 0.315 e. The second-order valence-corrected chi connectivity index (χ2v) is 6.15. The molecule has 2 rings (SSSR count). The lowest BCUT2D eigenvalue weighted by Gasteiger charge is -2.18. The van der Waals surface area contributed by atoms with Gasteiger partial charge in [0.1, 0.15) is 0 Å². The van der Waals surface area contributed by atoms with Crippen molar-refractivity contribution in [3.8, 4) is 5.69 Å². The van der Waals surface area contributed by atoms with Crippen molar-refractivity contribution in [2.75, 3.05) is 12.0 Å². The fourth-order valence-electron chi connectivity index (χ4n) is 2.20. The molecule has 0 saturated carbocycles. The molecule has 2 amide bonds. The molecule has 1 aromatic heterocycles. The van der Waals surface area contributed by atoms with Crippen molar-refractivity contribution in [3.63, 3.8) is 0 Å². The summed E-state index contributed by atoms with van der Waals surface area (Å²) in [7, 11) is 0. The van der Waals surface area contributed by atoms with Crippen LogP contribution < -0.4 is 10.6 Å². The summed E-state index contributed by atoms with van der Waals surface area (Å²) in [5.41, 5.74) is 2.02. The maximum atomic E-state index is 12.0. The van der Waals surface area contributed by atoms with Crippen molar-refractivity contribution >= 4 is 17.8 Å². The Bertz CT molecular complexity index is 600. The van der Waals surface area contributed by atoms with E-state index in [1.54, 1.807) is 22.6 Å². The van der Waals surface area contributed by atoms with Crippen molar-refractivity contribution in [1.82, 2.24) is 20.4 Å². The second kappa shape index (κ2) is 7.89. The Morgan fingerprint density at radius 2 is 2.14 bits per heavy atom. The van der Waals surface area contributed by atoms with Crippen molar-refractivity contribution in [2.45, 2.75) is 25.9 Å². The number of nitrogens with one attached hydrogen (secondary N) is 2. The molecule has 0 unspecified atom stereocenters. The number of nitrogens with zero attached hydrogens (tertiary/aromatic N) is 2. The van der Waals surface area contributed by atoms with Crippen LogP contribution in [0.4, 0.5) is 4.79 Å². The number of carbonyl (C=O) groups excluding carboxylic acids is 1. The first-order valence-electron chi connectivity index (χ1n) is 7.26. The van der Waals surface area contributed by atoms with Gasteiger partial charge in [0, 0.05) is 24.2 Å². The first-order valence-corrected chi connectivity index (χ1v) is 8.65. The van der Waals surface area contributed by atoms with Gasteiger partial charge in [0.05, 0.1) is 11.7 Å². The Morgan fingerprint density at radius 3 is 2.82 bits per heavy atom. The molecule has 1 heterocycles. The summed E-state index contributed by atoms with van der Waals surface area (Å²) in [6.45, 7) is 3.97. The summed E-state index contributed by atoms with van der Waals surface area (Å²) in [5.74, 6) is 0.899. The zero-order valence-corrected chi connectivity index (χ0v) is 13.9. The van der Waals surface area contributed by atoms with E-state index in [0.29, 0.717) is 0 Å². The topological polar surface area (TPSA) is 59.0 Å². The first-order chi connectivity index (χ1) is 10.6. The van der Waals surface area contributed by atoms with Crippen LogP contribution in [-0.4, -0.2) is 33.9 Å². The van der Waals surface area contributed by atoms with Crippen LogP contribution in [0.5, 0.6) is 0 Å². The second-order valence-electron chi connectivity index (χ2n) is 5.24. The zero-order chi connectivity index (χ0) is 15.9. The van der Waals surface area contributed by atoms with Gasteiger partial charge < -0.3 is 10.6 Å². The molecule has 2 aromatic rings. The van der Waals surface area contributed by atoms with Gasteiger partial charge in [0.25, 0.3) is 0 Å². The number of aromatic nitrogens is 2. The number of benzene rings is 1. The highest BCUT2D eigenvalue weighted by molar-refractivity contribution is 7.98. The van der Waals surface area contributed by atoms with E-state index in [4.69, 9.17) is 0 Å². The van der Waals surface area contributed by atoms with Crippen LogP contribution >= 0.6 is 11.8 Å². The van der Waals surface area contributed by atoms with Crippen LogP contribution in [-0.2, 0) is 0 Å². The normalized spacial score (nSPS) is 13.4. The van der Waals surface area contributed by atoms with Crippen molar-refractivity contribution in [3.05, 3.63) is 48.3 Å². The van der Waals surface area contributed by atoms with Gasteiger partial charge in [-0.05, 0) is 43.9 Å². The van der Waals surface area contributed by atoms with E-state index in [2.05, 4.69) is 15.7 Å². The minimum absolute atomic E-state index is 0.0722. The molecule has 1 aromatic carbocycles. The number of rotatable bonds is 6. The van der Waals surface area contributed by atoms with Crippen LogP contribution in [0, 0.1) is 0 Å². The molecule has 5 nitrogen and oxygen atoms in total. The summed E-state index contributed by atoms with van der Waals surface area (Å²) >= 11 is 1.72. The van der Waals surface area contributed by atoms with E-state index in [9.17, 15) is 4.79 Å². The van der Waals surface area contributed by atoms with Gasteiger partial charge in [0.15, 0.2) is 0 Å². The fourth-order valence-corrected chi connectivity index (χ4v) is 2.78. The molecular formula is C16H22N4OS. The van der Waals surface area contributed by atoms with Crippen LogP contribution in [0.3, 0.4) is 0 Å². The minimum Gasteiger partial charge on any atom is -0.335 e. The number of hydrogen-bond acceptors (Lipinski definition) is 3. The van der Waals surface area contributed by atoms with E-state index < -0.39 is 0 Å². The Hall–Kier alpha value is -1.95. The number of hydrogen-bond donors (Lipinski definition) is 2. The zero-order valence-electron chi connectivity index (χ0n) is 13.1. The lowest BCUT2D eigenvalue weighted by Crippen LogP contribution is -2.42. The maximum absolute atomic E-state index is 12.0. The lowest BCUT2D eigenvalue weighted by atomic mass is 10.1. The third-order valence-corrected chi connectivity index (χ3v) is 4.11. The lowest BCUT2D eigenvalue weighted by molar-refractivity contribution is 0.235. The van der Waals surface area contributed by atoms with E-state index >= 15 is 0 Å². The van der Waals surface area contributed by atoms with Crippen LogP contribution in [0.2, 0.25) is 0 Å². The molecule has 0 bridgehead atoms. The van der Waals surface area contributed by atoms with Gasteiger partial charge in [-0.1, -0.05) is 12.1 Å². The molecule has 2 N–H and O–H groups in total. The summed E-state index contributed by atoms with van der Waals surface area (Å²) in [5, 5.41) is 10.1. The quantitative estimate of drug-likeness (QED) is 0.861. The SMILES string of the molecule is CSC[C@H](C)NC(=O)N[C@H](C)c1cccc(-n2cccn2)c1. The van der Waals surface area contributed by atoms with Gasteiger partial charge in [-0.2, -0.15) is 16.9 Å². The molecular weight excluding hydrogens is 296 g/mol. The van der Waals surface area contributed by atoms with E-state index in [1.165, 1.54) is 0 Å². The number of thioether (sulfide) groups is 1. The van der Waals surface area contributed by atoms with E-state index in [-0.39, 0.29) is 18.1 Å². The molecule has 0 spiro atoms. The highest BCUT2D eigenvalue weighted by atomic mass is 32.2. The van der Waals surface area contributed by atoms with Gasteiger partial charge in [-0.15, -0.1) is 0 Å². The third-order valence-electron chi connectivity index (χ3n) is 3.28. The number of carbonyl (C=O) groups is 1. The highest BCUT2D eigenvalue weighted by Gasteiger charge is 2.12. The molecule has 6 heteroatoms. The fraction of sp³-hybridized carbons (Fsp3) is 0.375. The maximum Gasteiger partial charge on any atom is 0.315 e. The van der Waals surface area contributed by atoms with E-state index in [1.807, 2.05) is 56.6 Å². The summed E-state index contributed by atoms with van der Waals surface area (Å²) < 4.78 is 1.80. The summed E-state index contributed by atoms with van der Waals surface area (Å²) in [4.78, 5) is 12.0. The average Bonchev–Trinajstić information content (AvgIpc) is 3.01. The van der Waals surface area contributed by atoms with Crippen molar-refractivity contribution in [2.24, 2.45) is 0 Å². The van der Waals surface area contributed by atoms with Crippen LogP contribution in [0.1, 0.15) is 25.5 Å². The Kier molecular flexibility index (Phi) is 5.89. The molecule has 0 aliphatic carbocycles. The monoisotopic (exact) mass is 318 g/mol. The van der Waals surface area contributed by atoms with Gasteiger partial charge >= 0.3 is 6.03 Å². The molecule has 118 valence electrons. The van der Waals surface area contributed by atoms with Gasteiger partial charge in [-0.3, -0.25) is 0 Å². The van der Waals surface area contributed by atoms with Gasteiger partial charge in [-0.25, -0.2) is 9.48 Å². The van der Waals surface area contributed by atoms with Gasteiger partial charge in [0.2, 0.25) is 0 Å². The predicted molar refractivity (Wildman–Crippen MR) is 91.5 cm³/mol.